The molecule has 30 heavy (non-hydrogen) atoms. The van der Waals surface area contributed by atoms with Crippen LogP contribution in [-0.2, 0) is 20.6 Å². The number of anilines is 2. The van der Waals surface area contributed by atoms with E-state index in [-0.39, 0.29) is 22.5 Å². The smallest absolute Gasteiger partial charge is 0.264 e. The van der Waals surface area contributed by atoms with E-state index in [9.17, 15) is 13.2 Å². The van der Waals surface area contributed by atoms with Crippen molar-refractivity contribution in [3.05, 3.63) is 76.5 Å². The molecular weight excluding hydrogens is 467 g/mol. The van der Waals surface area contributed by atoms with Gasteiger partial charge in [0.1, 0.15) is 0 Å². The summed E-state index contributed by atoms with van der Waals surface area (Å²) in [5.74, 6) is 0.435. The van der Waals surface area contributed by atoms with Crippen molar-refractivity contribution in [2.75, 3.05) is 15.8 Å². The lowest BCUT2D eigenvalue weighted by Crippen LogP contribution is -2.16. The molecule has 0 unspecified atom stereocenters. The minimum absolute atomic E-state index is 0.0227. The van der Waals surface area contributed by atoms with Gasteiger partial charge in [-0.25, -0.2) is 23.1 Å². The molecule has 0 aliphatic heterocycles. The summed E-state index contributed by atoms with van der Waals surface area (Å²) >= 11 is 13.6. The third-order valence-corrected chi connectivity index (χ3v) is 6.79. The molecule has 3 aromatic rings. The standard InChI is InChI=1S/C19H16Cl2N4O3S2/c20-16-3-1-4-17(21)15(16)11-29-12-18(26)24-13-5-7-14(8-6-13)30(27,28)25-19-22-9-2-10-23-19/h1-10H,11-12H2,(H,24,26)(H,22,23,25). The van der Waals surface area contributed by atoms with E-state index in [4.69, 9.17) is 23.2 Å². The molecule has 2 N–H and O–H groups in total. The lowest BCUT2D eigenvalue weighted by Gasteiger charge is -2.09. The number of rotatable bonds is 8. The van der Waals surface area contributed by atoms with Gasteiger partial charge in [-0.05, 0) is 48.0 Å². The number of nitrogens with one attached hydrogen (secondary N) is 2. The highest BCUT2D eigenvalue weighted by Gasteiger charge is 2.15. The summed E-state index contributed by atoms with van der Waals surface area (Å²) in [6, 6.07) is 12.6. The molecule has 0 bridgehead atoms. The number of sulfonamides is 1. The van der Waals surface area contributed by atoms with Crippen molar-refractivity contribution in [2.45, 2.75) is 10.6 Å². The van der Waals surface area contributed by atoms with Crippen molar-refractivity contribution in [1.82, 2.24) is 9.97 Å². The van der Waals surface area contributed by atoms with E-state index < -0.39 is 10.0 Å². The summed E-state index contributed by atoms with van der Waals surface area (Å²) in [5.41, 5.74) is 1.26. The number of halogens is 2. The highest BCUT2D eigenvalue weighted by Crippen LogP contribution is 2.28. The van der Waals surface area contributed by atoms with E-state index in [1.54, 1.807) is 24.3 Å². The van der Waals surface area contributed by atoms with E-state index in [1.807, 2.05) is 0 Å². The molecule has 3 rings (SSSR count). The van der Waals surface area contributed by atoms with Gasteiger partial charge in [0, 0.05) is 33.9 Å². The molecule has 0 radical (unpaired) electrons. The number of carbonyl (C=O) groups excluding carboxylic acids is 1. The first kappa shape index (κ1) is 22.4. The average molecular weight is 483 g/mol. The Hall–Kier alpha value is -2.33. The summed E-state index contributed by atoms with van der Waals surface area (Å²) in [4.78, 5) is 19.8. The minimum Gasteiger partial charge on any atom is -0.325 e. The van der Waals surface area contributed by atoms with Crippen LogP contribution < -0.4 is 10.0 Å². The SMILES string of the molecule is O=C(CSCc1c(Cl)cccc1Cl)Nc1ccc(S(=O)(=O)Nc2ncccn2)cc1. The number of amides is 1. The maximum Gasteiger partial charge on any atom is 0.264 e. The van der Waals surface area contributed by atoms with Gasteiger partial charge in [-0.15, -0.1) is 11.8 Å². The van der Waals surface area contributed by atoms with Gasteiger partial charge in [0.2, 0.25) is 11.9 Å². The zero-order valence-corrected chi connectivity index (χ0v) is 18.5. The van der Waals surface area contributed by atoms with Crippen LogP contribution in [0.15, 0.2) is 65.8 Å². The number of benzene rings is 2. The van der Waals surface area contributed by atoms with E-state index in [0.717, 1.165) is 5.56 Å². The Morgan fingerprint density at radius 1 is 0.967 bits per heavy atom. The van der Waals surface area contributed by atoms with Crippen LogP contribution in [0.2, 0.25) is 10.0 Å². The molecule has 0 spiro atoms. The zero-order valence-electron chi connectivity index (χ0n) is 15.4. The third kappa shape index (κ3) is 6.09. The predicted octanol–water partition coefficient (Wildman–Crippen LogP) is 4.46. The van der Waals surface area contributed by atoms with Crippen LogP contribution in [0.1, 0.15) is 5.56 Å². The maximum absolute atomic E-state index is 12.4. The Labute approximate surface area is 188 Å². The molecule has 0 aliphatic carbocycles. The second-order valence-corrected chi connectivity index (χ2v) is 9.43. The van der Waals surface area contributed by atoms with Crippen LogP contribution >= 0.6 is 35.0 Å². The third-order valence-electron chi connectivity index (χ3n) is 3.78. The van der Waals surface area contributed by atoms with Crippen molar-refractivity contribution in [3.63, 3.8) is 0 Å². The van der Waals surface area contributed by atoms with Crippen molar-refractivity contribution in [1.29, 1.82) is 0 Å². The van der Waals surface area contributed by atoms with Gasteiger partial charge in [-0.2, -0.15) is 0 Å². The van der Waals surface area contributed by atoms with Crippen molar-refractivity contribution in [3.8, 4) is 0 Å². The summed E-state index contributed by atoms with van der Waals surface area (Å²) < 4.78 is 27.0. The molecule has 0 fully saturated rings. The lowest BCUT2D eigenvalue weighted by molar-refractivity contribution is -0.113. The summed E-state index contributed by atoms with van der Waals surface area (Å²) in [5, 5.41) is 3.83. The topological polar surface area (TPSA) is 101 Å². The molecular formula is C19H16Cl2N4O3S2. The predicted molar refractivity (Wildman–Crippen MR) is 121 cm³/mol. The van der Waals surface area contributed by atoms with Gasteiger partial charge in [0.05, 0.1) is 10.6 Å². The van der Waals surface area contributed by atoms with Crippen LogP contribution in [0.5, 0.6) is 0 Å². The van der Waals surface area contributed by atoms with Crippen molar-refractivity contribution < 1.29 is 13.2 Å². The molecule has 1 amide bonds. The highest BCUT2D eigenvalue weighted by molar-refractivity contribution is 7.99. The Balaban J connectivity index is 1.54. The first-order valence-electron chi connectivity index (χ1n) is 8.55. The highest BCUT2D eigenvalue weighted by atomic mass is 35.5. The van der Waals surface area contributed by atoms with Crippen LogP contribution in [0.4, 0.5) is 11.6 Å². The van der Waals surface area contributed by atoms with Crippen molar-refractivity contribution in [2.24, 2.45) is 0 Å². The monoisotopic (exact) mass is 482 g/mol. The fourth-order valence-electron chi connectivity index (χ4n) is 2.36. The summed E-state index contributed by atoms with van der Waals surface area (Å²) in [7, 11) is -3.83. The molecule has 7 nitrogen and oxygen atoms in total. The summed E-state index contributed by atoms with van der Waals surface area (Å²) in [6.45, 7) is 0. The van der Waals surface area contributed by atoms with Gasteiger partial charge < -0.3 is 5.32 Å². The van der Waals surface area contributed by atoms with Gasteiger partial charge >= 0.3 is 0 Å². The van der Waals surface area contributed by atoms with Gasteiger partial charge in [-0.3, -0.25) is 4.79 Å². The second kappa shape index (κ2) is 10.1. The normalized spacial score (nSPS) is 11.1. The molecule has 156 valence electrons. The largest absolute Gasteiger partial charge is 0.325 e. The first-order valence-corrected chi connectivity index (χ1v) is 11.9. The first-order chi connectivity index (χ1) is 14.3. The molecule has 0 atom stereocenters. The average Bonchev–Trinajstić information content (AvgIpc) is 2.71. The quantitative estimate of drug-likeness (QED) is 0.491. The van der Waals surface area contributed by atoms with E-state index in [0.29, 0.717) is 21.5 Å². The molecule has 0 aliphatic rings. The molecule has 1 heterocycles. The lowest BCUT2D eigenvalue weighted by atomic mass is 10.2. The Morgan fingerprint density at radius 3 is 2.23 bits per heavy atom. The Kier molecular flexibility index (Phi) is 7.54. The molecule has 0 saturated heterocycles. The van der Waals surface area contributed by atoms with Crippen LogP contribution in [0, 0.1) is 0 Å². The number of carbonyl (C=O) groups is 1. The van der Waals surface area contributed by atoms with Gasteiger partial charge in [0.15, 0.2) is 0 Å². The summed E-state index contributed by atoms with van der Waals surface area (Å²) in [6.07, 6.45) is 2.86. The van der Waals surface area contributed by atoms with E-state index in [2.05, 4.69) is 20.0 Å². The fraction of sp³-hybridized carbons (Fsp3) is 0.105. The number of aromatic nitrogens is 2. The Bertz CT molecular complexity index is 1110. The fourth-order valence-corrected chi connectivity index (χ4v) is 4.88. The molecule has 11 heteroatoms. The number of hydrogen-bond donors (Lipinski definition) is 2. The number of nitrogens with zero attached hydrogens (tertiary/aromatic N) is 2. The van der Waals surface area contributed by atoms with E-state index in [1.165, 1.54) is 48.4 Å². The maximum atomic E-state index is 12.4. The second-order valence-electron chi connectivity index (χ2n) is 5.94. The van der Waals surface area contributed by atoms with Gasteiger partial charge in [-0.1, -0.05) is 29.3 Å². The molecule has 2 aromatic carbocycles. The zero-order chi connectivity index (χ0) is 21.6. The van der Waals surface area contributed by atoms with Crippen LogP contribution in [0.25, 0.3) is 0 Å². The molecule has 0 saturated carbocycles. The van der Waals surface area contributed by atoms with Crippen molar-refractivity contribution >= 4 is 62.5 Å². The minimum atomic E-state index is -3.83. The van der Waals surface area contributed by atoms with Gasteiger partial charge in [0.25, 0.3) is 10.0 Å². The number of hydrogen-bond acceptors (Lipinski definition) is 6. The van der Waals surface area contributed by atoms with Crippen LogP contribution in [-0.4, -0.2) is 30.0 Å². The Morgan fingerprint density at radius 2 is 1.60 bits per heavy atom. The van der Waals surface area contributed by atoms with E-state index >= 15 is 0 Å². The number of thioether (sulfide) groups is 1. The molecule has 1 aromatic heterocycles. The van der Waals surface area contributed by atoms with Crippen LogP contribution in [0.3, 0.4) is 0 Å².